The summed E-state index contributed by atoms with van der Waals surface area (Å²) in [6.07, 6.45) is 1.77. The Kier molecular flexibility index (Phi) is 6.27. The number of morpholine rings is 1. The van der Waals surface area contributed by atoms with E-state index >= 15 is 0 Å². The first kappa shape index (κ1) is 21.7. The molecule has 0 aliphatic carbocycles. The number of methoxy groups -OCH3 is 1. The molecule has 2 heterocycles. The lowest BCUT2D eigenvalue weighted by atomic mass is 10.1. The summed E-state index contributed by atoms with van der Waals surface area (Å²) in [7, 11) is 1.63. The first-order valence-electron chi connectivity index (χ1n) is 11.2. The van der Waals surface area contributed by atoms with E-state index in [2.05, 4.69) is 10.2 Å². The Morgan fingerprint density at radius 1 is 0.912 bits per heavy atom. The Morgan fingerprint density at radius 3 is 2.29 bits per heavy atom. The Morgan fingerprint density at radius 2 is 1.62 bits per heavy atom. The minimum Gasteiger partial charge on any atom is -0.497 e. The highest BCUT2D eigenvalue weighted by Gasteiger charge is 2.19. The van der Waals surface area contributed by atoms with Crippen LogP contribution in [-0.2, 0) is 4.74 Å². The molecule has 0 unspecified atom stereocenters. The summed E-state index contributed by atoms with van der Waals surface area (Å²) in [5.74, 6) is 0.532. The van der Waals surface area contributed by atoms with Crippen molar-refractivity contribution in [1.82, 2.24) is 9.78 Å². The van der Waals surface area contributed by atoms with Gasteiger partial charge in [-0.05, 0) is 60.7 Å². The molecule has 5 rings (SSSR count). The molecular weight excluding hydrogens is 428 g/mol. The molecule has 34 heavy (non-hydrogen) atoms. The fraction of sp³-hybridized carbons (Fsp3) is 0.185. The van der Waals surface area contributed by atoms with E-state index in [0.717, 1.165) is 54.7 Å². The van der Waals surface area contributed by atoms with Crippen LogP contribution in [0.3, 0.4) is 0 Å². The normalized spacial score (nSPS) is 13.5. The Hall–Kier alpha value is -4.10. The SMILES string of the molecule is COc1ccc(-c2nn(-c3ccccc3)cc2C(=O)Nc2ccc(N3CCOCC3)cc2)cc1. The quantitative estimate of drug-likeness (QED) is 0.460. The number of ether oxygens (including phenoxy) is 2. The van der Waals surface area contributed by atoms with E-state index in [4.69, 9.17) is 14.6 Å². The molecule has 3 aromatic carbocycles. The number of nitrogens with one attached hydrogen (secondary N) is 1. The molecular formula is C27H26N4O3. The maximum Gasteiger partial charge on any atom is 0.259 e. The standard InChI is InChI=1S/C27H26N4O3/c1-33-24-13-7-20(8-14-24)26-25(19-31(29-26)23-5-3-2-4-6-23)27(32)28-21-9-11-22(12-10-21)30-15-17-34-18-16-30/h2-14,19H,15-18H2,1H3,(H,28,32). The molecule has 1 aromatic heterocycles. The number of carbonyl (C=O) groups is 1. The predicted molar refractivity (Wildman–Crippen MR) is 133 cm³/mol. The Balaban J connectivity index is 1.42. The van der Waals surface area contributed by atoms with Crippen molar-refractivity contribution in [1.29, 1.82) is 0 Å². The summed E-state index contributed by atoms with van der Waals surface area (Å²) in [6.45, 7) is 3.21. The predicted octanol–water partition coefficient (Wildman–Crippen LogP) is 4.64. The molecule has 4 aromatic rings. The number of hydrogen-bond donors (Lipinski definition) is 1. The van der Waals surface area contributed by atoms with E-state index in [-0.39, 0.29) is 5.91 Å². The second-order valence-corrected chi connectivity index (χ2v) is 8.00. The van der Waals surface area contributed by atoms with Crippen LogP contribution in [0.2, 0.25) is 0 Å². The third-order valence-corrected chi connectivity index (χ3v) is 5.84. The van der Waals surface area contributed by atoms with Gasteiger partial charge in [0.15, 0.2) is 0 Å². The van der Waals surface area contributed by atoms with Crippen molar-refractivity contribution >= 4 is 17.3 Å². The van der Waals surface area contributed by atoms with Crippen LogP contribution >= 0.6 is 0 Å². The average molecular weight is 455 g/mol. The van der Waals surface area contributed by atoms with Gasteiger partial charge in [-0.1, -0.05) is 18.2 Å². The van der Waals surface area contributed by atoms with Gasteiger partial charge in [0.1, 0.15) is 11.4 Å². The van der Waals surface area contributed by atoms with Crippen LogP contribution in [0, 0.1) is 0 Å². The van der Waals surface area contributed by atoms with Gasteiger partial charge in [-0.3, -0.25) is 4.79 Å². The minimum atomic E-state index is -0.216. The summed E-state index contributed by atoms with van der Waals surface area (Å²) >= 11 is 0. The van der Waals surface area contributed by atoms with Gasteiger partial charge in [-0.25, -0.2) is 4.68 Å². The molecule has 1 N–H and O–H groups in total. The van der Waals surface area contributed by atoms with Gasteiger partial charge in [0.05, 0.1) is 31.6 Å². The molecule has 1 aliphatic rings. The molecule has 1 saturated heterocycles. The number of benzene rings is 3. The lowest BCUT2D eigenvalue weighted by Crippen LogP contribution is -2.36. The molecule has 1 amide bonds. The average Bonchev–Trinajstić information content (AvgIpc) is 3.36. The third-order valence-electron chi connectivity index (χ3n) is 5.84. The first-order valence-corrected chi connectivity index (χ1v) is 11.2. The van der Waals surface area contributed by atoms with Crippen LogP contribution in [0.4, 0.5) is 11.4 Å². The van der Waals surface area contributed by atoms with Crippen LogP contribution in [0.5, 0.6) is 5.75 Å². The van der Waals surface area contributed by atoms with Crippen molar-refractivity contribution in [3.05, 3.63) is 90.6 Å². The summed E-state index contributed by atoms with van der Waals surface area (Å²) in [6, 6.07) is 25.2. The fourth-order valence-electron chi connectivity index (χ4n) is 3.99. The second-order valence-electron chi connectivity index (χ2n) is 8.00. The van der Waals surface area contributed by atoms with Crippen LogP contribution in [0.1, 0.15) is 10.4 Å². The number of aromatic nitrogens is 2. The molecule has 172 valence electrons. The highest BCUT2D eigenvalue weighted by molar-refractivity contribution is 6.08. The van der Waals surface area contributed by atoms with E-state index < -0.39 is 0 Å². The van der Waals surface area contributed by atoms with Crippen LogP contribution in [0.15, 0.2) is 85.1 Å². The topological polar surface area (TPSA) is 68.6 Å². The number of hydrogen-bond acceptors (Lipinski definition) is 5. The first-order chi connectivity index (χ1) is 16.7. The summed E-state index contributed by atoms with van der Waals surface area (Å²) < 4.78 is 12.4. The molecule has 0 atom stereocenters. The van der Waals surface area contributed by atoms with E-state index in [0.29, 0.717) is 11.3 Å². The second kappa shape index (κ2) is 9.80. The van der Waals surface area contributed by atoms with Gasteiger partial charge in [0, 0.05) is 36.2 Å². The van der Waals surface area contributed by atoms with Crippen molar-refractivity contribution in [3.8, 4) is 22.7 Å². The van der Waals surface area contributed by atoms with E-state index in [1.807, 2.05) is 78.9 Å². The zero-order valence-electron chi connectivity index (χ0n) is 19.0. The zero-order chi connectivity index (χ0) is 23.3. The van der Waals surface area contributed by atoms with Gasteiger partial charge in [0.2, 0.25) is 0 Å². The van der Waals surface area contributed by atoms with Crippen LogP contribution in [-0.4, -0.2) is 49.1 Å². The molecule has 0 radical (unpaired) electrons. The monoisotopic (exact) mass is 454 g/mol. The summed E-state index contributed by atoms with van der Waals surface area (Å²) in [5.41, 5.74) is 4.67. The maximum absolute atomic E-state index is 13.3. The molecule has 1 fully saturated rings. The molecule has 0 saturated carbocycles. The molecule has 1 aliphatic heterocycles. The van der Waals surface area contributed by atoms with Crippen molar-refractivity contribution < 1.29 is 14.3 Å². The van der Waals surface area contributed by atoms with Crippen molar-refractivity contribution in [3.63, 3.8) is 0 Å². The summed E-state index contributed by atoms with van der Waals surface area (Å²) in [5, 5.41) is 7.77. The largest absolute Gasteiger partial charge is 0.497 e. The lowest BCUT2D eigenvalue weighted by Gasteiger charge is -2.28. The zero-order valence-corrected chi connectivity index (χ0v) is 19.0. The Labute approximate surface area is 198 Å². The van der Waals surface area contributed by atoms with Crippen LogP contribution in [0.25, 0.3) is 16.9 Å². The van der Waals surface area contributed by atoms with E-state index in [9.17, 15) is 4.79 Å². The lowest BCUT2D eigenvalue weighted by molar-refractivity contribution is 0.102. The number of carbonyl (C=O) groups excluding carboxylic acids is 1. The molecule has 0 spiro atoms. The molecule has 7 heteroatoms. The van der Waals surface area contributed by atoms with E-state index in [1.54, 1.807) is 18.0 Å². The molecule has 7 nitrogen and oxygen atoms in total. The van der Waals surface area contributed by atoms with E-state index in [1.165, 1.54) is 0 Å². The van der Waals surface area contributed by atoms with Crippen molar-refractivity contribution in [2.75, 3.05) is 43.6 Å². The van der Waals surface area contributed by atoms with Gasteiger partial charge in [-0.2, -0.15) is 5.10 Å². The third kappa shape index (κ3) is 4.65. The number of rotatable bonds is 6. The molecule has 0 bridgehead atoms. The number of anilines is 2. The highest BCUT2D eigenvalue weighted by atomic mass is 16.5. The van der Waals surface area contributed by atoms with Crippen molar-refractivity contribution in [2.45, 2.75) is 0 Å². The number of nitrogens with zero attached hydrogens (tertiary/aromatic N) is 3. The van der Waals surface area contributed by atoms with Gasteiger partial charge in [-0.15, -0.1) is 0 Å². The number of para-hydroxylation sites is 1. The number of amides is 1. The maximum atomic E-state index is 13.3. The Bertz CT molecular complexity index is 1250. The fourth-order valence-corrected chi connectivity index (χ4v) is 3.99. The smallest absolute Gasteiger partial charge is 0.259 e. The van der Waals surface area contributed by atoms with Crippen molar-refractivity contribution in [2.24, 2.45) is 0 Å². The van der Waals surface area contributed by atoms with Gasteiger partial charge >= 0.3 is 0 Å². The van der Waals surface area contributed by atoms with Crippen LogP contribution < -0.4 is 15.0 Å². The van der Waals surface area contributed by atoms with Gasteiger partial charge in [0.25, 0.3) is 5.91 Å². The van der Waals surface area contributed by atoms with Gasteiger partial charge < -0.3 is 19.7 Å². The highest BCUT2D eigenvalue weighted by Crippen LogP contribution is 2.27. The summed E-state index contributed by atoms with van der Waals surface area (Å²) in [4.78, 5) is 15.6. The minimum absolute atomic E-state index is 0.216.